The molecule has 0 aromatic heterocycles. The summed E-state index contributed by atoms with van der Waals surface area (Å²) in [5.74, 6) is 0.434. The van der Waals surface area contributed by atoms with Gasteiger partial charge in [-0.2, -0.15) is 0 Å². The molecule has 0 aliphatic heterocycles. The number of phenols is 1. The van der Waals surface area contributed by atoms with Gasteiger partial charge >= 0.3 is 5.97 Å². The Labute approximate surface area is 155 Å². The summed E-state index contributed by atoms with van der Waals surface area (Å²) in [4.78, 5) is 11.9. The Kier molecular flexibility index (Phi) is 4.30. The van der Waals surface area contributed by atoms with Gasteiger partial charge in [0.1, 0.15) is 5.75 Å². The molecule has 142 valence electrons. The van der Waals surface area contributed by atoms with Crippen molar-refractivity contribution >= 4 is 5.97 Å². The van der Waals surface area contributed by atoms with Gasteiger partial charge in [-0.05, 0) is 90.9 Å². The number of hydrogen-bond acceptors (Lipinski definition) is 3. The standard InChI is InChI=1S/C22H30O4/c1-3-14(21(25)26)18-11-19(24)22(2)9-8-16-15-7-5-13(23)10-12(15)4-6-17(16)20(18)22/h5,7,10,14,16-20,23-24H,3-4,6,8-9,11H2,1-2H3,(H,25,26)/t14?,16?,17?,18-,19-,20?,22+/m0/s1. The number of fused-ring (bicyclic) bond motifs is 5. The van der Waals surface area contributed by atoms with E-state index in [4.69, 9.17) is 0 Å². The van der Waals surface area contributed by atoms with E-state index < -0.39 is 12.1 Å². The van der Waals surface area contributed by atoms with Gasteiger partial charge < -0.3 is 15.3 Å². The molecular weight excluding hydrogens is 328 g/mol. The van der Waals surface area contributed by atoms with Crippen LogP contribution in [-0.4, -0.2) is 27.4 Å². The van der Waals surface area contributed by atoms with Crippen LogP contribution in [0.3, 0.4) is 0 Å². The highest BCUT2D eigenvalue weighted by molar-refractivity contribution is 5.70. The van der Waals surface area contributed by atoms with Gasteiger partial charge in [0.2, 0.25) is 0 Å². The Bertz CT molecular complexity index is 714. The number of carboxylic acids is 1. The van der Waals surface area contributed by atoms with Crippen LogP contribution in [0.1, 0.15) is 63.0 Å². The zero-order valence-corrected chi connectivity index (χ0v) is 15.7. The van der Waals surface area contributed by atoms with Crippen LogP contribution in [0, 0.1) is 29.1 Å². The molecule has 7 atom stereocenters. The Hall–Kier alpha value is -1.55. The van der Waals surface area contributed by atoms with Gasteiger partial charge in [0, 0.05) is 0 Å². The van der Waals surface area contributed by atoms with Crippen molar-refractivity contribution < 1.29 is 20.1 Å². The van der Waals surface area contributed by atoms with Crippen LogP contribution in [0.15, 0.2) is 18.2 Å². The summed E-state index contributed by atoms with van der Waals surface area (Å²) in [6, 6.07) is 5.74. The number of aliphatic hydroxyl groups excluding tert-OH is 1. The van der Waals surface area contributed by atoms with Gasteiger partial charge in [-0.25, -0.2) is 0 Å². The van der Waals surface area contributed by atoms with Crippen molar-refractivity contribution in [3.8, 4) is 5.75 Å². The molecule has 3 aliphatic rings. The van der Waals surface area contributed by atoms with E-state index >= 15 is 0 Å². The summed E-state index contributed by atoms with van der Waals surface area (Å²) in [5, 5.41) is 30.5. The highest BCUT2D eigenvalue weighted by atomic mass is 16.4. The molecule has 1 aromatic rings. The lowest BCUT2D eigenvalue weighted by molar-refractivity contribution is -0.145. The summed E-state index contributed by atoms with van der Waals surface area (Å²) in [7, 11) is 0. The number of rotatable bonds is 3. The maximum atomic E-state index is 11.9. The summed E-state index contributed by atoms with van der Waals surface area (Å²) in [6.07, 6.45) is 4.81. The molecular formula is C22H30O4. The second kappa shape index (κ2) is 6.26. The van der Waals surface area contributed by atoms with Gasteiger partial charge in [0.25, 0.3) is 0 Å². The predicted molar refractivity (Wildman–Crippen MR) is 99.0 cm³/mol. The lowest BCUT2D eigenvalue weighted by atomic mass is 9.53. The topological polar surface area (TPSA) is 77.8 Å². The molecule has 0 bridgehead atoms. The maximum absolute atomic E-state index is 11.9. The third kappa shape index (κ3) is 2.49. The van der Waals surface area contributed by atoms with Crippen molar-refractivity contribution in [1.82, 2.24) is 0 Å². The number of aliphatic hydroxyl groups is 1. The molecule has 2 saturated carbocycles. The Morgan fingerprint density at radius 2 is 2.12 bits per heavy atom. The Morgan fingerprint density at radius 1 is 1.35 bits per heavy atom. The molecule has 0 saturated heterocycles. The molecule has 0 amide bonds. The van der Waals surface area contributed by atoms with E-state index in [0.717, 1.165) is 25.7 Å². The van der Waals surface area contributed by atoms with Gasteiger partial charge in [0.15, 0.2) is 0 Å². The zero-order valence-electron chi connectivity index (χ0n) is 15.7. The highest BCUT2D eigenvalue weighted by Gasteiger charge is 2.60. The van der Waals surface area contributed by atoms with E-state index in [2.05, 4.69) is 13.0 Å². The molecule has 3 aliphatic carbocycles. The van der Waals surface area contributed by atoms with E-state index in [1.54, 1.807) is 6.07 Å². The van der Waals surface area contributed by atoms with Gasteiger partial charge in [0.05, 0.1) is 12.0 Å². The van der Waals surface area contributed by atoms with Crippen LogP contribution in [0.4, 0.5) is 0 Å². The van der Waals surface area contributed by atoms with Crippen LogP contribution >= 0.6 is 0 Å². The number of hydrogen-bond donors (Lipinski definition) is 3. The molecule has 0 radical (unpaired) electrons. The molecule has 4 rings (SSSR count). The number of carboxylic acid groups (broad SMARTS) is 1. The minimum atomic E-state index is -0.711. The lowest BCUT2D eigenvalue weighted by Crippen LogP contribution is -2.46. The molecule has 4 nitrogen and oxygen atoms in total. The maximum Gasteiger partial charge on any atom is 0.306 e. The van der Waals surface area contributed by atoms with Crippen molar-refractivity contribution in [3.63, 3.8) is 0 Å². The molecule has 2 fully saturated rings. The first-order valence-corrected chi connectivity index (χ1v) is 10.1. The smallest absolute Gasteiger partial charge is 0.306 e. The van der Waals surface area contributed by atoms with E-state index in [9.17, 15) is 20.1 Å². The Morgan fingerprint density at radius 3 is 2.81 bits per heavy atom. The quantitative estimate of drug-likeness (QED) is 0.765. The van der Waals surface area contributed by atoms with E-state index in [0.29, 0.717) is 30.4 Å². The summed E-state index contributed by atoms with van der Waals surface area (Å²) >= 11 is 0. The molecule has 1 aromatic carbocycles. The fourth-order valence-corrected chi connectivity index (χ4v) is 6.79. The third-order valence-corrected chi connectivity index (χ3v) is 8.00. The fraction of sp³-hybridized carbons (Fsp3) is 0.682. The average Bonchev–Trinajstić information content (AvgIpc) is 2.86. The monoisotopic (exact) mass is 358 g/mol. The summed E-state index contributed by atoms with van der Waals surface area (Å²) in [5.41, 5.74) is 2.42. The van der Waals surface area contributed by atoms with E-state index in [1.165, 1.54) is 11.1 Å². The SMILES string of the molecule is CCC(C(=O)O)[C@@H]1C[C@H](O)[C@@]2(C)CCC3c4ccc(O)cc4CCC3C12. The summed E-state index contributed by atoms with van der Waals surface area (Å²) < 4.78 is 0. The van der Waals surface area contributed by atoms with E-state index in [-0.39, 0.29) is 23.2 Å². The molecule has 0 heterocycles. The van der Waals surface area contributed by atoms with Crippen LogP contribution in [0.2, 0.25) is 0 Å². The largest absolute Gasteiger partial charge is 0.508 e. The van der Waals surface area contributed by atoms with Crippen molar-refractivity contribution in [1.29, 1.82) is 0 Å². The molecule has 4 heteroatoms. The van der Waals surface area contributed by atoms with Crippen LogP contribution in [-0.2, 0) is 11.2 Å². The molecule has 4 unspecified atom stereocenters. The van der Waals surface area contributed by atoms with E-state index in [1.807, 2.05) is 13.0 Å². The predicted octanol–water partition coefficient (Wildman–Crippen LogP) is 3.95. The van der Waals surface area contributed by atoms with Gasteiger partial charge in [-0.3, -0.25) is 4.79 Å². The first kappa shape index (κ1) is 17.8. The van der Waals surface area contributed by atoms with Gasteiger partial charge in [-0.1, -0.05) is 19.9 Å². The lowest BCUT2D eigenvalue weighted by Gasteiger charge is -2.52. The number of benzene rings is 1. The van der Waals surface area contributed by atoms with Gasteiger partial charge in [-0.15, -0.1) is 0 Å². The van der Waals surface area contributed by atoms with Crippen molar-refractivity contribution in [3.05, 3.63) is 29.3 Å². The fourth-order valence-electron chi connectivity index (χ4n) is 6.79. The van der Waals surface area contributed by atoms with Crippen molar-refractivity contribution in [2.75, 3.05) is 0 Å². The van der Waals surface area contributed by atoms with Crippen LogP contribution in [0.5, 0.6) is 5.75 Å². The number of aryl methyl sites for hydroxylation is 1. The zero-order chi connectivity index (χ0) is 18.6. The second-order valence-electron chi connectivity index (χ2n) is 9.03. The first-order chi connectivity index (χ1) is 12.4. The second-order valence-corrected chi connectivity index (χ2v) is 9.03. The third-order valence-electron chi connectivity index (χ3n) is 8.00. The molecule has 0 spiro atoms. The van der Waals surface area contributed by atoms with Crippen LogP contribution < -0.4 is 0 Å². The molecule has 26 heavy (non-hydrogen) atoms. The minimum absolute atomic E-state index is 0.0592. The summed E-state index contributed by atoms with van der Waals surface area (Å²) in [6.45, 7) is 4.15. The average molecular weight is 358 g/mol. The first-order valence-electron chi connectivity index (χ1n) is 10.1. The number of aliphatic carboxylic acids is 1. The molecule has 3 N–H and O–H groups in total. The highest BCUT2D eigenvalue weighted by Crippen LogP contribution is 2.64. The number of carbonyl (C=O) groups is 1. The van der Waals surface area contributed by atoms with Crippen molar-refractivity contribution in [2.45, 2.75) is 64.4 Å². The number of aromatic hydroxyl groups is 1. The van der Waals surface area contributed by atoms with Crippen molar-refractivity contribution in [2.24, 2.45) is 29.1 Å². The Balaban J connectivity index is 1.73. The van der Waals surface area contributed by atoms with Crippen LogP contribution in [0.25, 0.3) is 0 Å². The minimum Gasteiger partial charge on any atom is -0.508 e. The number of phenolic OH excluding ortho intramolecular Hbond substituents is 1. The normalized spacial score (nSPS) is 39.6.